The average molecular weight is 533 g/mol. The molecule has 9 heteroatoms. The number of rotatable bonds is 2. The van der Waals surface area contributed by atoms with E-state index >= 15 is 0 Å². The monoisotopic (exact) mass is 532 g/mol. The van der Waals surface area contributed by atoms with E-state index in [0.717, 1.165) is 12.0 Å². The molecular formula is C28H37ClN2O6. The number of aliphatic hydroxyl groups is 2. The summed E-state index contributed by atoms with van der Waals surface area (Å²) in [4.78, 5) is 13.4. The van der Waals surface area contributed by atoms with Crippen molar-refractivity contribution in [2.45, 2.75) is 77.7 Å². The third kappa shape index (κ3) is 3.22. The zero-order chi connectivity index (χ0) is 26.9. The SMILES string of the molecule is CC1=C[C@]23C(O)[C@@H](C=C4COC(C)(C)O[C@H]4[C@]2(O)[C@H]1OC(=O)c1nn(C)cc1Cl)[C@H]1[C@@H](C[C@H]3C)C1(C)C. The van der Waals surface area contributed by atoms with Gasteiger partial charge in [0, 0.05) is 19.2 Å². The Balaban J connectivity index is 1.52. The van der Waals surface area contributed by atoms with Gasteiger partial charge in [-0.3, -0.25) is 4.68 Å². The van der Waals surface area contributed by atoms with E-state index in [9.17, 15) is 15.0 Å². The first-order chi connectivity index (χ1) is 17.1. The highest BCUT2D eigenvalue weighted by Crippen LogP contribution is 2.73. The van der Waals surface area contributed by atoms with Crippen molar-refractivity contribution in [1.82, 2.24) is 9.78 Å². The smallest absolute Gasteiger partial charge is 0.361 e. The number of halogens is 1. The summed E-state index contributed by atoms with van der Waals surface area (Å²) in [6.45, 7) is 12.4. The largest absolute Gasteiger partial charge is 0.450 e. The number of carbonyl (C=O) groups is 1. The van der Waals surface area contributed by atoms with Gasteiger partial charge in [-0.15, -0.1) is 0 Å². The highest BCUT2D eigenvalue weighted by atomic mass is 35.5. The summed E-state index contributed by atoms with van der Waals surface area (Å²) in [6.07, 6.45) is 3.61. The molecule has 3 fully saturated rings. The van der Waals surface area contributed by atoms with Gasteiger partial charge >= 0.3 is 5.97 Å². The molecular weight excluding hydrogens is 496 g/mol. The first kappa shape index (κ1) is 25.6. The maximum atomic E-state index is 13.4. The number of hydrogen-bond acceptors (Lipinski definition) is 7. The van der Waals surface area contributed by atoms with Gasteiger partial charge in [-0.2, -0.15) is 5.10 Å². The number of ether oxygens (including phenoxy) is 3. The van der Waals surface area contributed by atoms with Gasteiger partial charge in [0.25, 0.3) is 0 Å². The molecule has 37 heavy (non-hydrogen) atoms. The van der Waals surface area contributed by atoms with Gasteiger partial charge < -0.3 is 24.4 Å². The molecule has 6 rings (SSSR count). The van der Waals surface area contributed by atoms with Crippen LogP contribution >= 0.6 is 11.6 Å². The zero-order valence-electron chi connectivity index (χ0n) is 22.5. The van der Waals surface area contributed by atoms with Crippen LogP contribution in [0.3, 0.4) is 0 Å². The van der Waals surface area contributed by atoms with Crippen molar-refractivity contribution in [3.63, 3.8) is 0 Å². The summed E-state index contributed by atoms with van der Waals surface area (Å²) in [6, 6.07) is 0. The normalized spacial score (nSPS) is 44.9. The average Bonchev–Trinajstić information content (AvgIpc) is 3.08. The number of aryl methyl sites for hydroxylation is 1. The molecule has 2 heterocycles. The Morgan fingerprint density at radius 1 is 1.30 bits per heavy atom. The molecule has 4 aliphatic carbocycles. The molecule has 2 N–H and O–H groups in total. The predicted octanol–water partition coefficient (Wildman–Crippen LogP) is 3.66. The fourth-order valence-corrected chi connectivity index (χ4v) is 8.63. The number of esters is 1. The lowest BCUT2D eigenvalue weighted by atomic mass is 9.58. The van der Waals surface area contributed by atoms with Crippen molar-refractivity contribution in [2.24, 2.45) is 41.5 Å². The van der Waals surface area contributed by atoms with Gasteiger partial charge in [0.2, 0.25) is 0 Å². The number of aliphatic hydroxyl groups excluding tert-OH is 1. The minimum absolute atomic E-state index is 0.0190. The minimum Gasteiger partial charge on any atom is -0.450 e. The second kappa shape index (κ2) is 7.69. The highest BCUT2D eigenvalue weighted by molar-refractivity contribution is 6.33. The Kier molecular flexibility index (Phi) is 5.31. The minimum atomic E-state index is -1.77. The van der Waals surface area contributed by atoms with Crippen LogP contribution in [0, 0.1) is 34.5 Å². The number of fused-ring (bicyclic) bond motifs is 5. The maximum Gasteiger partial charge on any atom is 0.361 e. The van der Waals surface area contributed by atoms with Crippen molar-refractivity contribution in [3.8, 4) is 0 Å². The highest BCUT2D eigenvalue weighted by Gasteiger charge is 2.77. The maximum absolute atomic E-state index is 13.4. The summed E-state index contributed by atoms with van der Waals surface area (Å²) in [7, 11) is 1.67. The van der Waals surface area contributed by atoms with Crippen LogP contribution in [-0.2, 0) is 21.3 Å². The van der Waals surface area contributed by atoms with E-state index in [1.807, 2.05) is 26.8 Å². The van der Waals surface area contributed by atoms with Crippen LogP contribution < -0.4 is 0 Å². The van der Waals surface area contributed by atoms with E-state index < -0.39 is 41.1 Å². The van der Waals surface area contributed by atoms with E-state index in [4.69, 9.17) is 25.8 Å². The van der Waals surface area contributed by atoms with Crippen LogP contribution in [0.5, 0.6) is 0 Å². The number of carbonyl (C=O) groups excluding carboxylic acids is 1. The van der Waals surface area contributed by atoms with E-state index in [-0.39, 0.29) is 40.5 Å². The Morgan fingerprint density at radius 3 is 2.65 bits per heavy atom. The topological polar surface area (TPSA) is 103 Å². The van der Waals surface area contributed by atoms with Gasteiger partial charge in [0.1, 0.15) is 11.7 Å². The molecule has 1 aliphatic heterocycles. The second-order valence-electron chi connectivity index (χ2n) is 13.0. The number of nitrogens with zero attached hydrogens (tertiary/aromatic N) is 2. The van der Waals surface area contributed by atoms with Crippen molar-refractivity contribution < 1.29 is 29.2 Å². The van der Waals surface area contributed by atoms with Gasteiger partial charge in [0.15, 0.2) is 17.6 Å². The van der Waals surface area contributed by atoms with Crippen LogP contribution in [0.4, 0.5) is 0 Å². The Hall–Kier alpha value is -1.71. The zero-order valence-corrected chi connectivity index (χ0v) is 23.2. The van der Waals surface area contributed by atoms with E-state index in [2.05, 4.69) is 31.9 Å². The molecule has 0 radical (unpaired) electrons. The summed E-state index contributed by atoms with van der Waals surface area (Å²) in [5.41, 5.74) is -1.34. The second-order valence-corrected chi connectivity index (χ2v) is 13.4. The van der Waals surface area contributed by atoms with Crippen LogP contribution in [0.15, 0.2) is 29.5 Å². The summed E-state index contributed by atoms with van der Waals surface area (Å²) >= 11 is 6.25. The molecule has 9 atom stereocenters. The molecule has 8 nitrogen and oxygen atoms in total. The van der Waals surface area contributed by atoms with Crippen molar-refractivity contribution in [2.75, 3.05) is 6.61 Å². The Morgan fingerprint density at radius 2 is 2.00 bits per heavy atom. The van der Waals surface area contributed by atoms with Crippen LogP contribution in [0.1, 0.15) is 58.5 Å². The molecule has 202 valence electrons. The van der Waals surface area contributed by atoms with Crippen LogP contribution in [0.2, 0.25) is 5.02 Å². The van der Waals surface area contributed by atoms with E-state index in [1.54, 1.807) is 7.05 Å². The molecule has 1 unspecified atom stereocenters. The molecule has 1 aromatic heterocycles. The quantitative estimate of drug-likeness (QED) is 0.442. The molecule has 1 spiro atoms. The first-order valence-corrected chi connectivity index (χ1v) is 13.5. The van der Waals surface area contributed by atoms with Crippen molar-refractivity contribution in [3.05, 3.63) is 40.2 Å². The van der Waals surface area contributed by atoms with Crippen molar-refractivity contribution >= 4 is 17.6 Å². The summed E-state index contributed by atoms with van der Waals surface area (Å²) in [5, 5.41) is 29.6. The third-order valence-corrected chi connectivity index (χ3v) is 10.4. The number of hydrogen-bond donors (Lipinski definition) is 2. The van der Waals surface area contributed by atoms with Crippen LogP contribution in [0.25, 0.3) is 0 Å². The number of aromatic nitrogens is 2. The van der Waals surface area contributed by atoms with Gasteiger partial charge in [-0.05, 0) is 61.5 Å². The molecule has 2 saturated carbocycles. The fourth-order valence-electron chi connectivity index (χ4n) is 8.37. The molecule has 2 bridgehead atoms. The Labute approximate surface area is 222 Å². The molecule has 1 aromatic rings. The van der Waals surface area contributed by atoms with Gasteiger partial charge in [-0.25, -0.2) is 4.79 Å². The summed E-state index contributed by atoms with van der Waals surface area (Å²) < 4.78 is 20.0. The summed E-state index contributed by atoms with van der Waals surface area (Å²) in [5.74, 6) is -1.30. The van der Waals surface area contributed by atoms with Crippen molar-refractivity contribution in [1.29, 1.82) is 0 Å². The molecule has 0 aromatic carbocycles. The lowest BCUT2D eigenvalue weighted by Crippen LogP contribution is -2.69. The lowest BCUT2D eigenvalue weighted by Gasteiger charge is -2.55. The Bertz CT molecular complexity index is 1240. The molecule has 5 aliphatic rings. The molecule has 0 amide bonds. The predicted molar refractivity (Wildman–Crippen MR) is 136 cm³/mol. The lowest BCUT2D eigenvalue weighted by molar-refractivity contribution is -0.312. The third-order valence-electron chi connectivity index (χ3n) is 10.1. The van der Waals surface area contributed by atoms with E-state index in [0.29, 0.717) is 11.5 Å². The molecule has 1 saturated heterocycles. The first-order valence-electron chi connectivity index (χ1n) is 13.2. The standard InChI is InChI=1S/C28H37ClN2O6/c1-13-10-27-14(2)8-17-19(25(17,3)4)16(21(27)32)9-15-12-35-26(5,6)37-23(15)28(27,34)22(13)36-24(33)20-18(29)11-31(7)30-20/h9-11,14,16-17,19,21-23,32,34H,8,12H2,1-7H3/t14-,16+,17-,19+,21?,22+,23-,27+,28-/m1/s1. The van der Waals surface area contributed by atoms with Gasteiger partial charge in [-0.1, -0.05) is 44.5 Å². The van der Waals surface area contributed by atoms with Crippen LogP contribution in [-0.4, -0.2) is 62.3 Å². The fraction of sp³-hybridized carbons (Fsp3) is 0.714. The van der Waals surface area contributed by atoms with Gasteiger partial charge in [0.05, 0.1) is 23.1 Å². The van der Waals surface area contributed by atoms with E-state index in [1.165, 1.54) is 10.9 Å².